The molecule has 0 atom stereocenters. The van der Waals surface area contributed by atoms with Gasteiger partial charge in [-0.1, -0.05) is 18.2 Å². The van der Waals surface area contributed by atoms with Gasteiger partial charge in [0.25, 0.3) is 5.91 Å². The number of ether oxygens (including phenoxy) is 1. The Hall–Kier alpha value is -2.50. The Labute approximate surface area is 129 Å². The van der Waals surface area contributed by atoms with E-state index in [2.05, 4.69) is 15.6 Å². The van der Waals surface area contributed by atoms with Gasteiger partial charge in [0, 0.05) is 30.2 Å². The Morgan fingerprint density at radius 2 is 1.82 bits per heavy atom. The van der Waals surface area contributed by atoms with E-state index in [4.69, 9.17) is 4.74 Å². The Morgan fingerprint density at radius 1 is 1.14 bits per heavy atom. The molecule has 0 bridgehead atoms. The van der Waals surface area contributed by atoms with Crippen LogP contribution in [0.3, 0.4) is 0 Å². The van der Waals surface area contributed by atoms with Crippen molar-refractivity contribution in [3.8, 4) is 0 Å². The van der Waals surface area contributed by atoms with E-state index >= 15 is 0 Å². The van der Waals surface area contributed by atoms with Crippen LogP contribution < -0.4 is 10.6 Å². The van der Waals surface area contributed by atoms with Gasteiger partial charge in [0.1, 0.15) is 5.60 Å². The van der Waals surface area contributed by atoms with Gasteiger partial charge >= 0.3 is 6.09 Å². The smallest absolute Gasteiger partial charge is 0.407 e. The van der Waals surface area contributed by atoms with Crippen LogP contribution in [0.1, 0.15) is 31.1 Å². The minimum absolute atomic E-state index is 0.177. The molecule has 0 saturated carbocycles. The van der Waals surface area contributed by atoms with Crippen molar-refractivity contribution in [2.24, 2.45) is 0 Å². The lowest BCUT2D eigenvalue weighted by Crippen LogP contribution is -2.37. The summed E-state index contributed by atoms with van der Waals surface area (Å²) >= 11 is 0. The van der Waals surface area contributed by atoms with Gasteiger partial charge in [-0.3, -0.25) is 4.79 Å². The van der Waals surface area contributed by atoms with Crippen LogP contribution in [0, 0.1) is 0 Å². The quantitative estimate of drug-likeness (QED) is 0.759. The molecule has 1 aromatic carbocycles. The summed E-state index contributed by atoms with van der Waals surface area (Å²) in [7, 11) is 0. The normalized spacial score (nSPS) is 11.2. The topological polar surface area (TPSA) is 83.2 Å². The van der Waals surface area contributed by atoms with Crippen LogP contribution in [-0.4, -0.2) is 35.7 Å². The second-order valence-corrected chi connectivity index (χ2v) is 5.93. The first-order valence-electron chi connectivity index (χ1n) is 7.18. The van der Waals surface area contributed by atoms with E-state index < -0.39 is 11.7 Å². The van der Waals surface area contributed by atoms with Crippen molar-refractivity contribution in [1.82, 2.24) is 15.6 Å². The zero-order valence-corrected chi connectivity index (χ0v) is 13.0. The molecule has 118 valence electrons. The Morgan fingerprint density at radius 3 is 2.55 bits per heavy atom. The molecule has 2 rings (SSSR count). The highest BCUT2D eigenvalue weighted by Crippen LogP contribution is 2.17. The van der Waals surface area contributed by atoms with Gasteiger partial charge in [-0.15, -0.1) is 0 Å². The number of nitrogens with one attached hydrogen (secondary N) is 3. The van der Waals surface area contributed by atoms with Crippen LogP contribution in [-0.2, 0) is 4.74 Å². The Balaban J connectivity index is 1.80. The fourth-order valence-electron chi connectivity index (χ4n) is 2.01. The standard InChI is InChI=1S/C16H21N3O3/c1-16(2,3)22-15(21)18-9-8-17-14(20)12-10-19-13-7-5-4-6-11(12)13/h4-7,10,19H,8-9H2,1-3H3,(H,17,20)(H,18,21). The predicted octanol–water partition coefficient (Wildman–Crippen LogP) is 2.42. The number of fused-ring (bicyclic) bond motifs is 1. The average Bonchev–Trinajstić information content (AvgIpc) is 2.85. The Bertz CT molecular complexity index is 671. The predicted molar refractivity (Wildman–Crippen MR) is 84.9 cm³/mol. The first-order chi connectivity index (χ1) is 10.4. The lowest BCUT2D eigenvalue weighted by atomic mass is 10.1. The highest BCUT2D eigenvalue weighted by molar-refractivity contribution is 6.06. The SMILES string of the molecule is CC(C)(C)OC(=O)NCCNC(=O)c1c[nH]c2ccccc12. The van der Waals surface area contributed by atoms with Crippen LogP contribution in [0.25, 0.3) is 10.9 Å². The third kappa shape index (κ3) is 4.25. The van der Waals surface area contributed by atoms with Gasteiger partial charge < -0.3 is 20.4 Å². The second kappa shape index (κ2) is 6.51. The van der Waals surface area contributed by atoms with Gasteiger partial charge in [0.05, 0.1) is 5.56 Å². The summed E-state index contributed by atoms with van der Waals surface area (Å²) in [6.07, 6.45) is 1.19. The molecule has 22 heavy (non-hydrogen) atoms. The van der Waals surface area contributed by atoms with E-state index in [1.807, 2.05) is 24.3 Å². The summed E-state index contributed by atoms with van der Waals surface area (Å²) in [4.78, 5) is 26.6. The largest absolute Gasteiger partial charge is 0.444 e. The van der Waals surface area contributed by atoms with Crippen molar-refractivity contribution in [2.45, 2.75) is 26.4 Å². The third-order valence-electron chi connectivity index (χ3n) is 2.91. The number of para-hydroxylation sites is 1. The van der Waals surface area contributed by atoms with E-state index in [-0.39, 0.29) is 5.91 Å². The summed E-state index contributed by atoms with van der Waals surface area (Å²) < 4.78 is 5.11. The molecule has 0 fully saturated rings. The van der Waals surface area contributed by atoms with Crippen LogP contribution >= 0.6 is 0 Å². The fraction of sp³-hybridized carbons (Fsp3) is 0.375. The highest BCUT2D eigenvalue weighted by Gasteiger charge is 2.15. The van der Waals surface area contributed by atoms with Crippen LogP contribution in [0.4, 0.5) is 4.79 Å². The minimum atomic E-state index is -0.530. The van der Waals surface area contributed by atoms with Crippen molar-refractivity contribution in [3.63, 3.8) is 0 Å². The molecule has 1 heterocycles. The molecule has 0 aliphatic heterocycles. The number of rotatable bonds is 4. The van der Waals surface area contributed by atoms with Gasteiger partial charge in [-0.05, 0) is 26.8 Å². The molecule has 0 aliphatic carbocycles. The Kier molecular flexibility index (Phi) is 4.70. The number of alkyl carbamates (subject to hydrolysis) is 1. The number of aromatic amines is 1. The number of benzene rings is 1. The van der Waals surface area contributed by atoms with E-state index in [0.29, 0.717) is 18.7 Å². The van der Waals surface area contributed by atoms with Crippen molar-refractivity contribution < 1.29 is 14.3 Å². The number of carbonyl (C=O) groups is 2. The summed E-state index contributed by atoms with van der Waals surface area (Å²) in [6.45, 7) is 6.03. The molecule has 0 spiro atoms. The molecular formula is C16H21N3O3. The number of H-pyrrole nitrogens is 1. The molecule has 6 nitrogen and oxygen atoms in total. The summed E-state index contributed by atoms with van der Waals surface area (Å²) in [6, 6.07) is 7.60. The minimum Gasteiger partial charge on any atom is -0.444 e. The maximum Gasteiger partial charge on any atom is 0.407 e. The van der Waals surface area contributed by atoms with E-state index in [1.54, 1.807) is 27.0 Å². The number of aromatic nitrogens is 1. The van der Waals surface area contributed by atoms with Crippen LogP contribution in [0.2, 0.25) is 0 Å². The van der Waals surface area contributed by atoms with Crippen LogP contribution in [0.15, 0.2) is 30.5 Å². The summed E-state index contributed by atoms with van der Waals surface area (Å²) in [5.41, 5.74) is 0.976. The summed E-state index contributed by atoms with van der Waals surface area (Å²) in [5.74, 6) is -0.177. The van der Waals surface area contributed by atoms with Gasteiger partial charge in [-0.2, -0.15) is 0 Å². The number of carbonyl (C=O) groups excluding carboxylic acids is 2. The van der Waals surface area contributed by atoms with Crippen molar-refractivity contribution >= 4 is 22.9 Å². The highest BCUT2D eigenvalue weighted by atomic mass is 16.6. The molecule has 2 amide bonds. The lowest BCUT2D eigenvalue weighted by molar-refractivity contribution is 0.0526. The molecule has 0 aliphatic rings. The van der Waals surface area contributed by atoms with E-state index in [1.165, 1.54) is 0 Å². The number of hydrogen-bond donors (Lipinski definition) is 3. The molecule has 0 saturated heterocycles. The average molecular weight is 303 g/mol. The van der Waals surface area contributed by atoms with E-state index in [0.717, 1.165) is 10.9 Å². The zero-order valence-electron chi connectivity index (χ0n) is 13.0. The van der Waals surface area contributed by atoms with Crippen molar-refractivity contribution in [3.05, 3.63) is 36.0 Å². The molecule has 2 aromatic rings. The lowest BCUT2D eigenvalue weighted by Gasteiger charge is -2.19. The monoisotopic (exact) mass is 303 g/mol. The van der Waals surface area contributed by atoms with Gasteiger partial charge in [0.2, 0.25) is 0 Å². The van der Waals surface area contributed by atoms with E-state index in [9.17, 15) is 9.59 Å². The fourth-order valence-corrected chi connectivity index (χ4v) is 2.01. The van der Waals surface area contributed by atoms with Gasteiger partial charge in [0.15, 0.2) is 0 Å². The molecule has 0 unspecified atom stereocenters. The molecule has 6 heteroatoms. The van der Waals surface area contributed by atoms with Crippen molar-refractivity contribution in [1.29, 1.82) is 0 Å². The summed E-state index contributed by atoms with van der Waals surface area (Å²) in [5, 5.41) is 6.23. The maximum absolute atomic E-state index is 12.1. The second-order valence-electron chi connectivity index (χ2n) is 5.93. The molecular weight excluding hydrogens is 282 g/mol. The first kappa shape index (κ1) is 15.9. The number of hydrogen-bond acceptors (Lipinski definition) is 3. The molecule has 0 radical (unpaired) electrons. The molecule has 1 aromatic heterocycles. The molecule has 3 N–H and O–H groups in total. The maximum atomic E-state index is 12.1. The zero-order chi connectivity index (χ0) is 16.2. The van der Waals surface area contributed by atoms with Crippen molar-refractivity contribution in [2.75, 3.05) is 13.1 Å². The third-order valence-corrected chi connectivity index (χ3v) is 2.91. The van der Waals surface area contributed by atoms with Crippen LogP contribution in [0.5, 0.6) is 0 Å². The number of amides is 2. The first-order valence-corrected chi connectivity index (χ1v) is 7.18. The van der Waals surface area contributed by atoms with Gasteiger partial charge in [-0.25, -0.2) is 4.79 Å².